The first-order chi connectivity index (χ1) is 7.11. The number of rotatable bonds is 1. The van der Waals surface area contributed by atoms with Gasteiger partial charge in [0, 0.05) is 17.5 Å². The van der Waals surface area contributed by atoms with Gasteiger partial charge in [0.15, 0.2) is 0 Å². The highest BCUT2D eigenvalue weighted by molar-refractivity contribution is 6.30. The van der Waals surface area contributed by atoms with Gasteiger partial charge in [0.2, 0.25) is 0 Å². The summed E-state index contributed by atoms with van der Waals surface area (Å²) >= 11 is 5.64. The molecule has 1 aromatic rings. The van der Waals surface area contributed by atoms with Crippen LogP contribution in [0.5, 0.6) is 5.75 Å². The van der Waals surface area contributed by atoms with Gasteiger partial charge < -0.3 is 9.53 Å². The number of hydrogen-bond acceptors (Lipinski definition) is 2. The quantitative estimate of drug-likeness (QED) is 0.691. The summed E-state index contributed by atoms with van der Waals surface area (Å²) in [5.41, 5.74) is 0.588. The van der Waals surface area contributed by atoms with Crippen molar-refractivity contribution in [2.45, 2.75) is 25.4 Å². The van der Waals surface area contributed by atoms with Crippen molar-refractivity contribution in [3.63, 3.8) is 0 Å². The summed E-state index contributed by atoms with van der Waals surface area (Å²) in [6.07, 6.45) is 1.36. The molecular weight excluding hydrogens is 219 g/mol. The molecule has 0 aromatic heterocycles. The van der Waals surface area contributed by atoms with E-state index in [4.69, 9.17) is 16.3 Å². The van der Waals surface area contributed by atoms with Gasteiger partial charge in [0.25, 0.3) is 0 Å². The van der Waals surface area contributed by atoms with Gasteiger partial charge in [-0.1, -0.05) is 11.6 Å². The lowest BCUT2D eigenvalue weighted by molar-refractivity contribution is -0.110. The van der Waals surface area contributed by atoms with E-state index in [1.165, 1.54) is 12.1 Å². The van der Waals surface area contributed by atoms with Gasteiger partial charge in [0.1, 0.15) is 17.9 Å². The Morgan fingerprint density at radius 2 is 2.33 bits per heavy atom. The zero-order valence-corrected chi connectivity index (χ0v) is 8.92. The largest absolute Gasteiger partial charge is 0.490 e. The van der Waals surface area contributed by atoms with Crippen LogP contribution in [0.25, 0.3) is 0 Å². The number of carbonyl (C=O) groups is 1. The first kappa shape index (κ1) is 10.4. The Hall–Kier alpha value is -1.09. The molecule has 0 bridgehead atoms. The van der Waals surface area contributed by atoms with Gasteiger partial charge in [-0.3, -0.25) is 0 Å². The maximum absolute atomic E-state index is 13.2. The van der Waals surface area contributed by atoms with E-state index in [0.717, 1.165) is 6.29 Å². The van der Waals surface area contributed by atoms with Crippen LogP contribution in [0.4, 0.5) is 4.39 Å². The molecule has 2 atom stereocenters. The number of fused-ring (bicyclic) bond motifs is 1. The summed E-state index contributed by atoms with van der Waals surface area (Å²) in [5, 5.41) is 0.0208. The summed E-state index contributed by atoms with van der Waals surface area (Å²) in [4.78, 5) is 10.9. The highest BCUT2D eigenvalue weighted by atomic mass is 35.5. The highest BCUT2D eigenvalue weighted by Gasteiger charge is 2.26. The summed E-state index contributed by atoms with van der Waals surface area (Å²) in [5.74, 6) is -0.298. The van der Waals surface area contributed by atoms with Crippen LogP contribution in [-0.4, -0.2) is 12.4 Å². The second kappa shape index (κ2) is 3.81. The third kappa shape index (κ3) is 1.84. The van der Waals surface area contributed by atoms with Gasteiger partial charge >= 0.3 is 0 Å². The van der Waals surface area contributed by atoms with E-state index >= 15 is 0 Å². The van der Waals surface area contributed by atoms with Crippen molar-refractivity contribution < 1.29 is 13.9 Å². The van der Waals surface area contributed by atoms with Crippen LogP contribution in [-0.2, 0) is 4.79 Å². The monoisotopic (exact) mass is 228 g/mol. The fourth-order valence-corrected chi connectivity index (χ4v) is 1.97. The Morgan fingerprint density at radius 3 is 3.00 bits per heavy atom. The van der Waals surface area contributed by atoms with E-state index in [9.17, 15) is 9.18 Å². The minimum absolute atomic E-state index is 0.0208. The molecule has 0 saturated carbocycles. The lowest BCUT2D eigenvalue weighted by atomic mass is 9.91. The fourth-order valence-electron chi connectivity index (χ4n) is 1.81. The molecule has 1 aliphatic rings. The highest BCUT2D eigenvalue weighted by Crippen LogP contribution is 2.37. The van der Waals surface area contributed by atoms with Gasteiger partial charge in [-0.15, -0.1) is 0 Å². The van der Waals surface area contributed by atoms with Crippen molar-refractivity contribution in [2.24, 2.45) is 0 Å². The van der Waals surface area contributed by atoms with E-state index in [2.05, 4.69) is 0 Å². The predicted molar refractivity (Wildman–Crippen MR) is 54.9 cm³/mol. The molecule has 80 valence electrons. The van der Waals surface area contributed by atoms with Gasteiger partial charge in [-0.05, 0) is 19.4 Å². The Kier molecular flexibility index (Phi) is 2.65. The first-order valence-corrected chi connectivity index (χ1v) is 5.10. The number of aldehydes is 1. The van der Waals surface area contributed by atoms with Crippen LogP contribution >= 0.6 is 11.6 Å². The van der Waals surface area contributed by atoms with Crippen molar-refractivity contribution in [1.29, 1.82) is 0 Å². The average molecular weight is 229 g/mol. The summed E-state index contributed by atoms with van der Waals surface area (Å²) in [6, 6.07) is 2.71. The van der Waals surface area contributed by atoms with E-state index in [1.54, 1.807) is 0 Å². The van der Waals surface area contributed by atoms with Crippen molar-refractivity contribution in [3.05, 3.63) is 28.5 Å². The average Bonchev–Trinajstić information content (AvgIpc) is 2.19. The maximum Gasteiger partial charge on any atom is 0.142 e. The van der Waals surface area contributed by atoms with E-state index < -0.39 is 5.82 Å². The van der Waals surface area contributed by atoms with Gasteiger partial charge in [0.05, 0.1) is 11.1 Å². The number of hydrogen-bond donors (Lipinski definition) is 0. The zero-order chi connectivity index (χ0) is 11.0. The zero-order valence-electron chi connectivity index (χ0n) is 8.17. The maximum atomic E-state index is 13.2. The SMILES string of the molecule is CC1CC(C=O)c2cc(F)c(Cl)cc2O1. The molecule has 0 radical (unpaired) electrons. The molecule has 0 spiro atoms. The Bertz CT molecular complexity index is 406. The molecule has 0 aliphatic carbocycles. The second-order valence-corrected chi connectivity index (χ2v) is 4.12. The molecule has 0 saturated heterocycles. The van der Waals surface area contributed by atoms with Crippen LogP contribution in [0.3, 0.4) is 0 Å². The van der Waals surface area contributed by atoms with E-state index in [-0.39, 0.29) is 17.0 Å². The first-order valence-electron chi connectivity index (χ1n) is 4.72. The Balaban J connectivity index is 2.51. The predicted octanol–water partition coefficient (Wildman–Crippen LogP) is 2.93. The molecule has 0 amide bonds. The Labute approximate surface area is 92.0 Å². The smallest absolute Gasteiger partial charge is 0.142 e. The second-order valence-electron chi connectivity index (χ2n) is 3.71. The van der Waals surface area contributed by atoms with Gasteiger partial charge in [-0.25, -0.2) is 4.39 Å². The van der Waals surface area contributed by atoms with Crippen molar-refractivity contribution in [3.8, 4) is 5.75 Å². The fraction of sp³-hybridized carbons (Fsp3) is 0.364. The van der Waals surface area contributed by atoms with E-state index in [1.807, 2.05) is 6.92 Å². The topological polar surface area (TPSA) is 26.3 Å². The molecule has 2 nitrogen and oxygen atoms in total. The summed E-state index contributed by atoms with van der Waals surface area (Å²) in [6.45, 7) is 1.87. The molecule has 1 aromatic carbocycles. The van der Waals surface area contributed by atoms with Crippen molar-refractivity contribution in [1.82, 2.24) is 0 Å². The molecule has 0 fully saturated rings. The lowest BCUT2D eigenvalue weighted by Crippen LogP contribution is -2.23. The number of benzene rings is 1. The molecule has 15 heavy (non-hydrogen) atoms. The molecule has 1 aliphatic heterocycles. The van der Waals surface area contributed by atoms with E-state index in [0.29, 0.717) is 17.7 Å². The molecule has 1 heterocycles. The summed E-state index contributed by atoms with van der Waals surface area (Å²) < 4.78 is 18.7. The Morgan fingerprint density at radius 1 is 1.60 bits per heavy atom. The third-order valence-electron chi connectivity index (χ3n) is 2.53. The van der Waals surface area contributed by atoms with Crippen LogP contribution < -0.4 is 4.74 Å². The molecule has 4 heteroatoms. The number of carbonyl (C=O) groups excluding carboxylic acids is 1. The molecule has 0 N–H and O–H groups in total. The molecule has 2 unspecified atom stereocenters. The summed E-state index contributed by atoms with van der Waals surface area (Å²) in [7, 11) is 0. The van der Waals surface area contributed by atoms with Gasteiger partial charge in [-0.2, -0.15) is 0 Å². The van der Waals surface area contributed by atoms with Crippen LogP contribution in [0.15, 0.2) is 12.1 Å². The number of ether oxygens (including phenoxy) is 1. The third-order valence-corrected chi connectivity index (χ3v) is 2.82. The van der Waals surface area contributed by atoms with Crippen molar-refractivity contribution >= 4 is 17.9 Å². The van der Waals surface area contributed by atoms with Crippen LogP contribution in [0.1, 0.15) is 24.8 Å². The standard InChI is InChI=1S/C11H10ClFO2/c1-6-2-7(5-14)8-3-10(13)9(12)4-11(8)15-6/h3-7H,2H2,1H3. The van der Waals surface area contributed by atoms with Crippen molar-refractivity contribution in [2.75, 3.05) is 0 Å². The lowest BCUT2D eigenvalue weighted by Gasteiger charge is -2.27. The molecular formula is C11H10ClFO2. The normalized spacial score (nSPS) is 24.2. The minimum atomic E-state index is -0.514. The van der Waals surface area contributed by atoms with Crippen LogP contribution in [0, 0.1) is 5.82 Å². The minimum Gasteiger partial charge on any atom is -0.490 e. The number of halogens is 2. The molecule has 2 rings (SSSR count). The van der Waals surface area contributed by atoms with Crippen LogP contribution in [0.2, 0.25) is 5.02 Å².